The smallest absolute Gasteiger partial charge is 0.256 e. The van der Waals surface area contributed by atoms with Gasteiger partial charge in [0.15, 0.2) is 0 Å². The molecule has 0 saturated carbocycles. The van der Waals surface area contributed by atoms with Crippen LogP contribution < -0.4 is 11.1 Å². The summed E-state index contributed by atoms with van der Waals surface area (Å²) >= 11 is 8.72. The van der Waals surface area contributed by atoms with E-state index in [1.54, 1.807) is 7.11 Å². The lowest BCUT2D eigenvalue weighted by Crippen LogP contribution is -2.23. The highest BCUT2D eigenvalue weighted by atomic mass is 32.1. The Morgan fingerprint density at radius 1 is 1.33 bits per heavy atom. The molecule has 1 aromatic rings. The predicted molar refractivity (Wildman–Crippen MR) is 81.8 cm³/mol. The van der Waals surface area contributed by atoms with Crippen molar-refractivity contribution >= 4 is 34.8 Å². The van der Waals surface area contributed by atoms with E-state index in [-0.39, 0.29) is 0 Å². The summed E-state index contributed by atoms with van der Waals surface area (Å²) < 4.78 is 4.82. The molecule has 0 spiro atoms. The number of rotatable bonds is 4. The van der Waals surface area contributed by atoms with Crippen LogP contribution in [-0.2, 0) is 11.2 Å². The van der Waals surface area contributed by atoms with Gasteiger partial charge in [-0.2, -0.15) is 0 Å². The molecule has 0 aliphatic heterocycles. The number of thiocarbonyl (C=S) groups is 2. The molecule has 4 nitrogen and oxygen atoms in total. The maximum absolute atomic E-state index is 7.56. The van der Waals surface area contributed by atoms with Gasteiger partial charge in [0, 0.05) is 6.54 Å². The highest BCUT2D eigenvalue weighted by molar-refractivity contribution is 7.80. The monoisotopic (exact) mass is 286 g/mol. The van der Waals surface area contributed by atoms with Crippen molar-refractivity contribution in [3.8, 4) is 0 Å². The zero-order valence-corrected chi connectivity index (χ0v) is 11.9. The van der Waals surface area contributed by atoms with Gasteiger partial charge in [0.05, 0.1) is 7.11 Å². The zero-order valence-electron chi connectivity index (χ0n) is 10.3. The minimum Gasteiger partial charge on any atom is -0.487 e. The van der Waals surface area contributed by atoms with Crippen LogP contribution in [0.5, 0.6) is 0 Å². The fraction of sp³-hybridized carbons (Fsp3) is 0.333. The molecule has 100 valence electrons. The van der Waals surface area contributed by atoms with Gasteiger partial charge in [-0.05, 0) is 42.8 Å². The van der Waals surface area contributed by atoms with E-state index in [2.05, 4.69) is 47.5 Å². The Kier molecular flexibility index (Phi) is 9.90. The van der Waals surface area contributed by atoms with Gasteiger partial charge in [0.25, 0.3) is 10.3 Å². The molecule has 0 atom stereocenters. The third-order valence-corrected chi connectivity index (χ3v) is 2.25. The first-order chi connectivity index (χ1) is 8.56. The van der Waals surface area contributed by atoms with E-state index < -0.39 is 5.17 Å². The zero-order chi connectivity index (χ0) is 13.8. The van der Waals surface area contributed by atoms with Crippen molar-refractivity contribution < 1.29 is 9.84 Å². The molecule has 0 radical (unpaired) electrons. The highest BCUT2D eigenvalue weighted by Crippen LogP contribution is 2.01. The summed E-state index contributed by atoms with van der Waals surface area (Å²) in [7, 11) is 1.58. The average molecular weight is 286 g/mol. The molecule has 4 N–H and O–H groups in total. The van der Waals surface area contributed by atoms with Crippen LogP contribution in [0.2, 0.25) is 0 Å². The van der Waals surface area contributed by atoms with Crippen LogP contribution in [0.3, 0.4) is 0 Å². The lowest BCUT2D eigenvalue weighted by Gasteiger charge is -2.05. The largest absolute Gasteiger partial charge is 0.487 e. The summed E-state index contributed by atoms with van der Waals surface area (Å²) in [6, 6.07) is 10.4. The quantitative estimate of drug-likeness (QED) is 0.580. The van der Waals surface area contributed by atoms with E-state index in [1.165, 1.54) is 5.56 Å². The van der Waals surface area contributed by atoms with Crippen LogP contribution in [0, 0.1) is 0 Å². The molecule has 18 heavy (non-hydrogen) atoms. The summed E-state index contributed by atoms with van der Waals surface area (Å²) in [4.78, 5) is 0. The summed E-state index contributed by atoms with van der Waals surface area (Å²) in [6.45, 7) is 0.863. The lowest BCUT2D eigenvalue weighted by molar-refractivity contribution is 0.392. The second-order valence-electron chi connectivity index (χ2n) is 3.35. The second-order valence-corrected chi connectivity index (χ2v) is 4.13. The van der Waals surface area contributed by atoms with E-state index in [9.17, 15) is 0 Å². The molecule has 0 saturated heterocycles. The van der Waals surface area contributed by atoms with Crippen LogP contribution in [0.4, 0.5) is 0 Å². The topological polar surface area (TPSA) is 67.5 Å². The molecule has 1 aromatic carbocycles. The van der Waals surface area contributed by atoms with Crippen molar-refractivity contribution in [2.45, 2.75) is 12.8 Å². The SMILES string of the molecule is COC(=S)NCCCc1ccccc1.NC(O)=S. The number of nitrogens with one attached hydrogen (secondary N) is 1. The molecule has 0 unspecified atom stereocenters. The molecule has 6 heteroatoms. The van der Waals surface area contributed by atoms with Gasteiger partial charge in [-0.3, -0.25) is 0 Å². The molecule has 0 aromatic heterocycles. The van der Waals surface area contributed by atoms with E-state index in [0.717, 1.165) is 19.4 Å². The maximum Gasteiger partial charge on any atom is 0.256 e. The average Bonchev–Trinajstić information content (AvgIpc) is 2.35. The van der Waals surface area contributed by atoms with Crippen molar-refractivity contribution in [2.75, 3.05) is 13.7 Å². The van der Waals surface area contributed by atoms with Crippen molar-refractivity contribution in [3.05, 3.63) is 35.9 Å². The van der Waals surface area contributed by atoms with E-state index >= 15 is 0 Å². The fourth-order valence-corrected chi connectivity index (χ4v) is 1.30. The molecule has 0 heterocycles. The third-order valence-electron chi connectivity index (χ3n) is 1.94. The van der Waals surface area contributed by atoms with Gasteiger partial charge in [-0.1, -0.05) is 30.3 Å². The number of hydrogen-bond acceptors (Lipinski definition) is 3. The Labute approximate surface area is 118 Å². The normalized spacial score (nSPS) is 8.72. The fourth-order valence-electron chi connectivity index (χ4n) is 1.20. The number of hydrogen-bond donors (Lipinski definition) is 3. The summed E-state index contributed by atoms with van der Waals surface area (Å²) in [5, 5.41) is 10.5. The van der Waals surface area contributed by atoms with Crippen LogP contribution in [0.1, 0.15) is 12.0 Å². The molecule has 0 aliphatic rings. The number of aryl methyl sites for hydroxylation is 1. The standard InChI is InChI=1S/C11H15NOS.CH3NOS/c1-13-11(14)12-9-5-8-10-6-3-2-4-7-10;2-1(3)4/h2-4,6-7H,5,8-9H2,1H3,(H,12,14);(H3,2,3,4). The molecule has 1 rings (SSSR count). The first-order valence-electron chi connectivity index (χ1n) is 5.40. The summed E-state index contributed by atoms with van der Waals surface area (Å²) in [6.07, 6.45) is 2.13. The second kappa shape index (κ2) is 10.7. The lowest BCUT2D eigenvalue weighted by atomic mass is 10.1. The van der Waals surface area contributed by atoms with Crippen molar-refractivity contribution in [3.63, 3.8) is 0 Å². The first kappa shape index (κ1) is 16.6. The molecular formula is C12H18N2O2S2. The van der Waals surface area contributed by atoms with Crippen LogP contribution >= 0.6 is 24.4 Å². The third kappa shape index (κ3) is 11.1. The molecular weight excluding hydrogens is 268 g/mol. The van der Waals surface area contributed by atoms with Gasteiger partial charge in [-0.15, -0.1) is 0 Å². The Balaban J connectivity index is 0.000000631. The van der Waals surface area contributed by atoms with E-state index in [0.29, 0.717) is 5.17 Å². The Morgan fingerprint density at radius 2 is 1.89 bits per heavy atom. The first-order valence-corrected chi connectivity index (χ1v) is 6.22. The highest BCUT2D eigenvalue weighted by Gasteiger charge is 1.93. The Bertz CT molecular complexity index is 354. The molecule has 0 bridgehead atoms. The summed E-state index contributed by atoms with van der Waals surface area (Å²) in [5.74, 6) is 0. The number of aliphatic hydroxyl groups is 1. The van der Waals surface area contributed by atoms with Crippen LogP contribution in [0.25, 0.3) is 0 Å². The number of methoxy groups -OCH3 is 1. The van der Waals surface area contributed by atoms with E-state index in [1.807, 2.05) is 6.07 Å². The van der Waals surface area contributed by atoms with Gasteiger partial charge in [0.2, 0.25) is 0 Å². The van der Waals surface area contributed by atoms with Crippen molar-refractivity contribution in [1.82, 2.24) is 5.32 Å². The Morgan fingerprint density at radius 3 is 2.39 bits per heavy atom. The maximum atomic E-state index is 7.56. The van der Waals surface area contributed by atoms with Gasteiger partial charge in [0.1, 0.15) is 0 Å². The minimum atomic E-state index is -0.500. The summed E-state index contributed by atoms with van der Waals surface area (Å²) in [5.41, 5.74) is 5.76. The predicted octanol–water partition coefficient (Wildman–Crippen LogP) is 1.93. The van der Waals surface area contributed by atoms with Crippen molar-refractivity contribution in [2.24, 2.45) is 5.73 Å². The van der Waals surface area contributed by atoms with Gasteiger partial charge in [-0.25, -0.2) is 0 Å². The number of benzene rings is 1. The van der Waals surface area contributed by atoms with Crippen molar-refractivity contribution in [1.29, 1.82) is 0 Å². The molecule has 0 amide bonds. The number of nitrogens with two attached hydrogens (primary N) is 1. The Hall–Kier alpha value is -1.40. The van der Waals surface area contributed by atoms with Crippen LogP contribution in [0.15, 0.2) is 30.3 Å². The van der Waals surface area contributed by atoms with Gasteiger partial charge >= 0.3 is 0 Å². The molecule has 0 fully saturated rings. The number of aliphatic hydroxyl groups excluding tert-OH is 1. The molecule has 0 aliphatic carbocycles. The van der Waals surface area contributed by atoms with Gasteiger partial charge < -0.3 is 20.9 Å². The number of ether oxygens (including phenoxy) is 1. The minimum absolute atomic E-state index is 0.470. The van der Waals surface area contributed by atoms with E-state index in [4.69, 9.17) is 22.1 Å². The van der Waals surface area contributed by atoms with Crippen LogP contribution in [-0.4, -0.2) is 29.1 Å².